The van der Waals surface area contributed by atoms with E-state index in [4.69, 9.17) is 4.74 Å². The van der Waals surface area contributed by atoms with Gasteiger partial charge in [0, 0.05) is 26.1 Å². The zero-order valence-electron chi connectivity index (χ0n) is 14.4. The molecule has 0 spiro atoms. The van der Waals surface area contributed by atoms with Crippen molar-refractivity contribution in [1.29, 1.82) is 0 Å². The van der Waals surface area contributed by atoms with E-state index in [0.29, 0.717) is 5.88 Å². The van der Waals surface area contributed by atoms with E-state index >= 15 is 0 Å². The molecular weight excluding hydrogens is 286 g/mol. The van der Waals surface area contributed by atoms with Crippen LogP contribution in [0.4, 0.5) is 5.69 Å². The maximum Gasteiger partial charge on any atom is 0.213 e. The van der Waals surface area contributed by atoms with Gasteiger partial charge in [0.1, 0.15) is 6.10 Å². The summed E-state index contributed by atoms with van der Waals surface area (Å²) in [5, 5.41) is 0. The number of aromatic nitrogens is 1. The van der Waals surface area contributed by atoms with Crippen molar-refractivity contribution < 1.29 is 4.74 Å². The van der Waals surface area contributed by atoms with Crippen molar-refractivity contribution in [2.45, 2.75) is 33.3 Å². The topological polar surface area (TPSA) is 37.7 Å². The molecule has 0 aliphatic carbocycles. The Hall–Kier alpha value is -2.36. The molecule has 0 N–H and O–H groups in total. The molecule has 1 atom stereocenters. The number of nitrogens with zero attached hydrogens (tertiary/aromatic N) is 3. The van der Waals surface area contributed by atoms with Crippen LogP contribution in [-0.4, -0.2) is 35.9 Å². The van der Waals surface area contributed by atoms with Crippen molar-refractivity contribution in [2.24, 2.45) is 4.99 Å². The molecule has 0 saturated heterocycles. The first-order chi connectivity index (χ1) is 11.1. The Morgan fingerprint density at radius 3 is 2.61 bits per heavy atom. The Kier molecular flexibility index (Phi) is 6.15. The van der Waals surface area contributed by atoms with E-state index in [2.05, 4.69) is 36.0 Å². The summed E-state index contributed by atoms with van der Waals surface area (Å²) in [5.41, 5.74) is 3.00. The van der Waals surface area contributed by atoms with Gasteiger partial charge in [-0.25, -0.2) is 9.98 Å². The van der Waals surface area contributed by atoms with Crippen LogP contribution in [0.1, 0.15) is 25.1 Å². The van der Waals surface area contributed by atoms with Crippen molar-refractivity contribution in [2.75, 3.05) is 13.6 Å². The van der Waals surface area contributed by atoms with E-state index in [1.54, 1.807) is 0 Å². The van der Waals surface area contributed by atoms with Gasteiger partial charge in [0.05, 0.1) is 17.7 Å². The molecule has 0 saturated carbocycles. The second kappa shape index (κ2) is 8.32. The lowest BCUT2D eigenvalue weighted by atomic mass is 10.1. The smallest absolute Gasteiger partial charge is 0.213 e. The van der Waals surface area contributed by atoms with Gasteiger partial charge in [-0.1, -0.05) is 30.3 Å². The molecule has 122 valence electrons. The van der Waals surface area contributed by atoms with Crippen molar-refractivity contribution in [1.82, 2.24) is 9.88 Å². The third-order valence-corrected chi connectivity index (χ3v) is 3.61. The average molecular weight is 311 g/mol. The van der Waals surface area contributed by atoms with Crippen LogP contribution in [0.3, 0.4) is 0 Å². The summed E-state index contributed by atoms with van der Waals surface area (Å²) in [6.07, 6.45) is 2.76. The highest BCUT2D eigenvalue weighted by Crippen LogP contribution is 2.21. The van der Waals surface area contributed by atoms with E-state index < -0.39 is 0 Å². The third kappa shape index (κ3) is 5.40. The van der Waals surface area contributed by atoms with E-state index in [1.807, 2.05) is 55.5 Å². The zero-order valence-corrected chi connectivity index (χ0v) is 14.4. The fourth-order valence-corrected chi connectivity index (χ4v) is 2.17. The highest BCUT2D eigenvalue weighted by Gasteiger charge is 2.08. The van der Waals surface area contributed by atoms with Crippen molar-refractivity contribution >= 4 is 12.0 Å². The lowest BCUT2D eigenvalue weighted by molar-refractivity contribution is 0.213. The molecule has 4 nitrogen and oxygen atoms in total. The fraction of sp³-hybridized carbons (Fsp3) is 0.368. The molecule has 0 bridgehead atoms. The van der Waals surface area contributed by atoms with Gasteiger partial charge in [0.25, 0.3) is 0 Å². The minimum atomic E-state index is 0.0740. The van der Waals surface area contributed by atoms with E-state index in [0.717, 1.165) is 24.3 Å². The van der Waals surface area contributed by atoms with Gasteiger partial charge in [-0.3, -0.25) is 0 Å². The van der Waals surface area contributed by atoms with Crippen LogP contribution in [0.5, 0.6) is 5.88 Å². The lowest BCUT2D eigenvalue weighted by Gasteiger charge is -2.15. The predicted octanol–water partition coefficient (Wildman–Crippen LogP) is 4.01. The monoisotopic (exact) mass is 311 g/mol. The molecule has 0 aliphatic heterocycles. The molecule has 23 heavy (non-hydrogen) atoms. The molecule has 0 fully saturated rings. The third-order valence-electron chi connectivity index (χ3n) is 3.61. The first-order valence-electron chi connectivity index (χ1n) is 8.01. The molecule has 1 aromatic heterocycles. The molecule has 1 unspecified atom stereocenters. The quantitative estimate of drug-likeness (QED) is 0.573. The molecule has 2 rings (SSSR count). The van der Waals surface area contributed by atoms with E-state index in [-0.39, 0.29) is 6.10 Å². The summed E-state index contributed by atoms with van der Waals surface area (Å²) in [6.45, 7) is 7.02. The number of aliphatic imine (C=N–C) groups is 1. The maximum absolute atomic E-state index is 5.93. The van der Waals surface area contributed by atoms with Gasteiger partial charge in [-0.15, -0.1) is 0 Å². The molecule has 1 heterocycles. The highest BCUT2D eigenvalue weighted by molar-refractivity contribution is 5.62. The van der Waals surface area contributed by atoms with Crippen LogP contribution in [-0.2, 0) is 6.42 Å². The molecule has 4 heteroatoms. The molecular formula is C19H25N3O. The number of ether oxygens (including phenoxy) is 1. The van der Waals surface area contributed by atoms with Crippen LogP contribution < -0.4 is 4.74 Å². The van der Waals surface area contributed by atoms with E-state index in [9.17, 15) is 0 Å². The van der Waals surface area contributed by atoms with Crippen LogP contribution in [0, 0.1) is 6.92 Å². The Bertz CT molecular complexity index is 640. The summed E-state index contributed by atoms with van der Waals surface area (Å²) in [5.74, 6) is 0.647. The second-order valence-corrected chi connectivity index (χ2v) is 5.69. The largest absolute Gasteiger partial charge is 0.474 e. The van der Waals surface area contributed by atoms with Gasteiger partial charge in [-0.2, -0.15) is 0 Å². The number of aryl methyl sites for hydroxylation is 1. The fourth-order valence-electron chi connectivity index (χ4n) is 2.17. The predicted molar refractivity (Wildman–Crippen MR) is 95.7 cm³/mol. The average Bonchev–Trinajstić information content (AvgIpc) is 2.54. The number of hydrogen-bond donors (Lipinski definition) is 0. The summed E-state index contributed by atoms with van der Waals surface area (Å²) >= 11 is 0. The van der Waals surface area contributed by atoms with Crippen LogP contribution >= 0.6 is 0 Å². The van der Waals surface area contributed by atoms with Gasteiger partial charge >= 0.3 is 0 Å². The van der Waals surface area contributed by atoms with Crippen molar-refractivity contribution in [3.8, 4) is 5.88 Å². The summed E-state index contributed by atoms with van der Waals surface area (Å²) in [6, 6.07) is 14.2. The first-order valence-corrected chi connectivity index (χ1v) is 8.01. The number of rotatable bonds is 7. The second-order valence-electron chi connectivity index (χ2n) is 5.69. The Balaban J connectivity index is 1.98. The molecule has 0 aliphatic rings. The summed E-state index contributed by atoms with van der Waals surface area (Å²) in [7, 11) is 2.00. The van der Waals surface area contributed by atoms with Crippen LogP contribution in [0.25, 0.3) is 0 Å². The van der Waals surface area contributed by atoms with E-state index in [1.165, 1.54) is 5.56 Å². The number of pyridine rings is 1. The number of benzene rings is 1. The standard InChI is InChI=1S/C19H25N3O/c1-5-22(4)14-20-18-11-12-19(21-16(18)3)23-15(2)13-17-9-7-6-8-10-17/h6-12,14-15H,5,13H2,1-4H3/b20-14+. The summed E-state index contributed by atoms with van der Waals surface area (Å²) in [4.78, 5) is 11.0. The van der Waals surface area contributed by atoms with Crippen LogP contribution in [0.2, 0.25) is 0 Å². The van der Waals surface area contributed by atoms with Gasteiger partial charge < -0.3 is 9.64 Å². The normalized spacial score (nSPS) is 12.3. The van der Waals surface area contributed by atoms with Crippen molar-refractivity contribution in [3.63, 3.8) is 0 Å². The lowest BCUT2D eigenvalue weighted by Crippen LogP contribution is -2.16. The molecule has 2 aromatic rings. The Morgan fingerprint density at radius 2 is 1.96 bits per heavy atom. The van der Waals surface area contributed by atoms with Gasteiger partial charge in [-0.05, 0) is 32.4 Å². The Labute approximate surface area is 138 Å². The maximum atomic E-state index is 5.93. The Morgan fingerprint density at radius 1 is 1.22 bits per heavy atom. The minimum absolute atomic E-state index is 0.0740. The number of hydrogen-bond acceptors (Lipinski definition) is 3. The van der Waals surface area contributed by atoms with Gasteiger partial charge in [0.15, 0.2) is 0 Å². The van der Waals surface area contributed by atoms with Crippen molar-refractivity contribution in [3.05, 3.63) is 53.7 Å². The zero-order chi connectivity index (χ0) is 16.7. The molecule has 0 radical (unpaired) electrons. The molecule has 0 amide bonds. The SMILES string of the molecule is CCN(C)/C=N/c1ccc(OC(C)Cc2ccccc2)nc1C. The molecule has 1 aromatic carbocycles. The van der Waals surface area contributed by atoms with Gasteiger partial charge in [0.2, 0.25) is 5.88 Å². The first kappa shape index (κ1) is 17.0. The minimum Gasteiger partial charge on any atom is -0.474 e. The summed E-state index contributed by atoms with van der Waals surface area (Å²) < 4.78 is 5.93. The van der Waals surface area contributed by atoms with Crippen LogP contribution in [0.15, 0.2) is 47.5 Å². The highest BCUT2D eigenvalue weighted by atomic mass is 16.5.